The number of carboxylic acids is 1. The van der Waals surface area contributed by atoms with Gasteiger partial charge in [-0.1, -0.05) is 0 Å². The van der Waals surface area contributed by atoms with Gasteiger partial charge in [0.2, 0.25) is 0 Å². The first-order chi connectivity index (χ1) is 9.65. The molecule has 1 aromatic carbocycles. The number of carboxylic acid groups (broad SMARTS) is 1. The summed E-state index contributed by atoms with van der Waals surface area (Å²) in [5, 5.41) is 10.1. The Kier molecular flexibility index (Phi) is 5.70. The molecule has 21 heavy (non-hydrogen) atoms. The van der Waals surface area contributed by atoms with E-state index < -0.39 is 46.4 Å². The molecule has 1 unspecified atom stereocenters. The zero-order valence-corrected chi connectivity index (χ0v) is 11.6. The fourth-order valence-corrected chi connectivity index (χ4v) is 2.77. The van der Waals surface area contributed by atoms with Crippen LogP contribution in [0, 0.1) is 11.6 Å². The summed E-state index contributed by atoms with van der Waals surface area (Å²) in [4.78, 5) is 10.7. The molecule has 0 radical (unpaired) electrons. The number of rotatable bonds is 5. The standard InChI is InChI=1S/C12H12F5NO2S/c1-2-21(6-5-12(15,16)17)18-8-4-3-7(13)9(10(8)14)11(19)20/h2-4,18H,5-6H2,1H3,(H,19,20). The van der Waals surface area contributed by atoms with Gasteiger partial charge in [-0.15, -0.1) is 10.7 Å². The van der Waals surface area contributed by atoms with Gasteiger partial charge in [-0.25, -0.2) is 13.6 Å². The van der Waals surface area contributed by atoms with Gasteiger partial charge < -0.3 is 9.83 Å². The fraction of sp³-hybridized carbons (Fsp3) is 0.333. The Morgan fingerprint density at radius 3 is 2.48 bits per heavy atom. The summed E-state index contributed by atoms with van der Waals surface area (Å²) in [6.45, 7) is 1.49. The predicted molar refractivity (Wildman–Crippen MR) is 71.8 cm³/mol. The monoisotopic (exact) mass is 329 g/mol. The van der Waals surface area contributed by atoms with E-state index in [-0.39, 0.29) is 11.4 Å². The highest BCUT2D eigenvalue weighted by atomic mass is 32.2. The summed E-state index contributed by atoms with van der Waals surface area (Å²) in [6.07, 6.45) is -5.41. The molecule has 0 amide bonds. The molecule has 2 N–H and O–H groups in total. The molecule has 9 heteroatoms. The molecule has 0 aliphatic carbocycles. The van der Waals surface area contributed by atoms with Gasteiger partial charge in [0.15, 0.2) is 5.82 Å². The molecule has 0 aliphatic heterocycles. The highest BCUT2D eigenvalue weighted by Gasteiger charge is 2.27. The summed E-state index contributed by atoms with van der Waals surface area (Å²) < 4.78 is 66.0. The van der Waals surface area contributed by atoms with E-state index in [1.54, 1.807) is 0 Å². The molecule has 0 aliphatic rings. The summed E-state index contributed by atoms with van der Waals surface area (Å²) in [6, 6.07) is 1.70. The van der Waals surface area contributed by atoms with Crippen LogP contribution >= 0.6 is 10.7 Å². The highest BCUT2D eigenvalue weighted by molar-refractivity contribution is 8.16. The van der Waals surface area contributed by atoms with Crippen LogP contribution in [0.2, 0.25) is 0 Å². The van der Waals surface area contributed by atoms with Crippen molar-refractivity contribution in [1.82, 2.24) is 0 Å². The Balaban J connectivity index is 2.97. The fourth-order valence-electron chi connectivity index (χ4n) is 1.42. The van der Waals surface area contributed by atoms with E-state index in [0.29, 0.717) is 0 Å². The van der Waals surface area contributed by atoms with E-state index in [1.807, 2.05) is 0 Å². The summed E-state index contributed by atoms with van der Waals surface area (Å²) in [7, 11) is -1.12. The molecular weight excluding hydrogens is 317 g/mol. The maximum Gasteiger partial charge on any atom is 0.389 e. The number of anilines is 1. The molecule has 0 aromatic heterocycles. The molecule has 1 rings (SSSR count). The summed E-state index contributed by atoms with van der Waals surface area (Å²) >= 11 is 0. The van der Waals surface area contributed by atoms with Gasteiger partial charge in [-0.05, 0) is 24.4 Å². The molecule has 0 heterocycles. The van der Waals surface area contributed by atoms with E-state index in [1.165, 1.54) is 12.3 Å². The van der Waals surface area contributed by atoms with Crippen molar-refractivity contribution in [3.8, 4) is 0 Å². The second kappa shape index (κ2) is 6.88. The first-order valence-corrected chi connectivity index (χ1v) is 7.15. The largest absolute Gasteiger partial charge is 0.477 e. The SMILES string of the molecule is C/C=S(\CCC(F)(F)F)Nc1ccc(F)c(C(=O)O)c1F. The summed E-state index contributed by atoms with van der Waals surface area (Å²) in [5.41, 5.74) is -1.49. The maximum absolute atomic E-state index is 13.8. The molecule has 0 fully saturated rings. The van der Waals surface area contributed by atoms with Gasteiger partial charge in [0.1, 0.15) is 11.4 Å². The van der Waals surface area contributed by atoms with Crippen molar-refractivity contribution in [3.05, 3.63) is 29.3 Å². The zero-order valence-electron chi connectivity index (χ0n) is 10.8. The van der Waals surface area contributed by atoms with Crippen molar-refractivity contribution in [2.45, 2.75) is 19.5 Å². The van der Waals surface area contributed by atoms with Crippen LogP contribution in [-0.2, 0) is 0 Å². The van der Waals surface area contributed by atoms with E-state index >= 15 is 0 Å². The van der Waals surface area contributed by atoms with Crippen molar-refractivity contribution in [1.29, 1.82) is 0 Å². The number of benzene rings is 1. The van der Waals surface area contributed by atoms with Gasteiger partial charge in [0.05, 0.1) is 12.1 Å². The number of hydrogen-bond donors (Lipinski definition) is 2. The second-order valence-electron chi connectivity index (χ2n) is 3.93. The van der Waals surface area contributed by atoms with Crippen LogP contribution < -0.4 is 4.72 Å². The minimum atomic E-state index is -4.34. The first kappa shape index (κ1) is 17.4. The van der Waals surface area contributed by atoms with Crippen LogP contribution in [0.25, 0.3) is 0 Å². The second-order valence-corrected chi connectivity index (χ2v) is 5.87. The molecule has 0 spiro atoms. The number of halogens is 5. The third kappa shape index (κ3) is 5.00. The van der Waals surface area contributed by atoms with Crippen LogP contribution in [-0.4, -0.2) is 28.4 Å². The molecule has 1 aromatic rings. The van der Waals surface area contributed by atoms with Crippen LogP contribution in [0.15, 0.2) is 12.1 Å². The van der Waals surface area contributed by atoms with Crippen molar-refractivity contribution < 1.29 is 31.9 Å². The Bertz CT molecular complexity index is 572. The van der Waals surface area contributed by atoms with Gasteiger partial charge in [0.25, 0.3) is 0 Å². The smallest absolute Gasteiger partial charge is 0.389 e. The normalized spacial score (nSPS) is 13.2. The molecule has 118 valence electrons. The minimum Gasteiger partial charge on any atom is -0.477 e. The number of hydrogen-bond acceptors (Lipinski definition) is 2. The van der Waals surface area contributed by atoms with Crippen LogP contribution in [0.1, 0.15) is 23.7 Å². The topological polar surface area (TPSA) is 49.3 Å². The Morgan fingerprint density at radius 2 is 2.00 bits per heavy atom. The Labute approximate surface area is 119 Å². The number of nitrogens with one attached hydrogen (secondary N) is 1. The van der Waals surface area contributed by atoms with E-state index in [4.69, 9.17) is 5.11 Å². The first-order valence-electron chi connectivity index (χ1n) is 5.69. The van der Waals surface area contributed by atoms with Gasteiger partial charge in [-0.2, -0.15) is 13.2 Å². The van der Waals surface area contributed by atoms with Crippen LogP contribution in [0.5, 0.6) is 0 Å². The predicted octanol–water partition coefficient (Wildman–Crippen LogP) is 4.03. The minimum absolute atomic E-state index is 0.320. The third-order valence-corrected chi connectivity index (χ3v) is 4.13. The number of carbonyl (C=O) groups is 1. The number of aromatic carboxylic acids is 1. The lowest BCUT2D eigenvalue weighted by molar-refractivity contribution is -0.129. The van der Waals surface area contributed by atoms with Crippen molar-refractivity contribution in [2.24, 2.45) is 0 Å². The van der Waals surface area contributed by atoms with Crippen molar-refractivity contribution in [2.75, 3.05) is 10.5 Å². The molecule has 0 bridgehead atoms. The van der Waals surface area contributed by atoms with Gasteiger partial charge >= 0.3 is 12.1 Å². The van der Waals surface area contributed by atoms with E-state index in [9.17, 15) is 26.7 Å². The number of alkyl halides is 3. The average Bonchev–Trinajstić information content (AvgIpc) is 2.35. The third-order valence-electron chi connectivity index (χ3n) is 2.44. The molecule has 0 saturated carbocycles. The van der Waals surface area contributed by atoms with E-state index in [0.717, 1.165) is 12.1 Å². The Morgan fingerprint density at radius 1 is 1.38 bits per heavy atom. The van der Waals surface area contributed by atoms with Crippen LogP contribution in [0.4, 0.5) is 27.6 Å². The van der Waals surface area contributed by atoms with E-state index in [2.05, 4.69) is 4.72 Å². The average molecular weight is 329 g/mol. The zero-order chi connectivity index (χ0) is 16.2. The van der Waals surface area contributed by atoms with Crippen molar-refractivity contribution >= 4 is 27.7 Å². The quantitative estimate of drug-likeness (QED) is 0.633. The highest BCUT2D eigenvalue weighted by Crippen LogP contribution is 2.29. The lowest BCUT2D eigenvalue weighted by atomic mass is 10.2. The molecule has 1 atom stereocenters. The maximum atomic E-state index is 13.8. The molecule has 3 nitrogen and oxygen atoms in total. The van der Waals surface area contributed by atoms with Gasteiger partial charge in [0, 0.05) is 5.75 Å². The Hall–Kier alpha value is -1.64. The molecular formula is C12H12F5NO2S. The lowest BCUT2D eigenvalue weighted by Gasteiger charge is -2.15. The van der Waals surface area contributed by atoms with Crippen molar-refractivity contribution in [3.63, 3.8) is 0 Å². The lowest BCUT2D eigenvalue weighted by Crippen LogP contribution is -2.12. The summed E-state index contributed by atoms with van der Waals surface area (Å²) in [5.74, 6) is -4.70. The molecule has 0 saturated heterocycles. The van der Waals surface area contributed by atoms with Gasteiger partial charge in [-0.3, -0.25) is 0 Å². The van der Waals surface area contributed by atoms with Crippen LogP contribution in [0.3, 0.4) is 0 Å².